The quantitative estimate of drug-likeness (QED) is 0.755. The molecular weight excluding hydrogens is 200 g/mol. The van der Waals surface area contributed by atoms with E-state index < -0.39 is 6.04 Å². The number of primary amides is 1. The Kier molecular flexibility index (Phi) is 4.70. The molecule has 0 aliphatic heterocycles. The zero-order valence-electron chi connectivity index (χ0n) is 9.76. The molecule has 1 rings (SSSR count). The second kappa shape index (κ2) is 6.05. The molecule has 0 radical (unpaired) electrons. The van der Waals surface area contributed by atoms with E-state index >= 15 is 0 Å². The molecule has 0 aliphatic carbocycles. The molecule has 0 saturated carbocycles. The van der Waals surface area contributed by atoms with Crippen LogP contribution in [0.25, 0.3) is 0 Å². The number of hydrogen-bond donors (Lipinski definition) is 1. The van der Waals surface area contributed by atoms with Crippen LogP contribution in [0.1, 0.15) is 25.8 Å². The molecule has 3 nitrogen and oxygen atoms in total. The second-order valence-corrected chi connectivity index (χ2v) is 4.24. The summed E-state index contributed by atoms with van der Waals surface area (Å²) in [6.07, 6.45) is 2.40. The highest BCUT2D eigenvalue weighted by Gasteiger charge is 2.14. The highest BCUT2D eigenvalue weighted by molar-refractivity contribution is 5.85. The lowest BCUT2D eigenvalue weighted by atomic mass is 10.0. The Balaban J connectivity index is 2.68. The summed E-state index contributed by atoms with van der Waals surface area (Å²) in [5, 5.41) is 0. The van der Waals surface area contributed by atoms with Crippen LogP contribution in [0.15, 0.2) is 35.3 Å². The van der Waals surface area contributed by atoms with Gasteiger partial charge in [-0.3, -0.25) is 9.79 Å². The molecule has 0 unspecified atom stereocenters. The van der Waals surface area contributed by atoms with Gasteiger partial charge in [-0.05, 0) is 17.9 Å². The zero-order chi connectivity index (χ0) is 12.0. The van der Waals surface area contributed by atoms with Gasteiger partial charge in [-0.2, -0.15) is 0 Å². The monoisotopic (exact) mass is 218 g/mol. The Labute approximate surface area is 96.4 Å². The normalized spacial score (nSPS) is 13.2. The lowest BCUT2D eigenvalue weighted by molar-refractivity contribution is -0.119. The van der Waals surface area contributed by atoms with E-state index in [1.807, 2.05) is 44.2 Å². The maximum Gasteiger partial charge on any atom is 0.242 e. The summed E-state index contributed by atoms with van der Waals surface area (Å²) < 4.78 is 0. The van der Waals surface area contributed by atoms with Crippen molar-refractivity contribution in [2.45, 2.75) is 26.3 Å². The Morgan fingerprint density at radius 1 is 1.38 bits per heavy atom. The van der Waals surface area contributed by atoms with Crippen molar-refractivity contribution in [2.24, 2.45) is 16.6 Å². The predicted octanol–water partition coefficient (Wildman–Crippen LogP) is 2.01. The Bertz CT molecular complexity index is 357. The molecule has 86 valence electrons. The summed E-state index contributed by atoms with van der Waals surface area (Å²) in [5.74, 6) is 0.0475. The molecule has 0 aliphatic rings. The zero-order valence-corrected chi connectivity index (χ0v) is 9.76. The van der Waals surface area contributed by atoms with E-state index in [1.54, 1.807) is 6.21 Å². The van der Waals surface area contributed by atoms with E-state index in [0.29, 0.717) is 12.3 Å². The number of rotatable bonds is 5. The standard InChI is InChI=1S/C13H18N2O/c1-10(2)8-12(13(14)16)15-9-11-6-4-3-5-7-11/h3-7,9-10,12H,8H2,1-2H3,(H2,14,16)/t12-/m1/s1. The fourth-order valence-corrected chi connectivity index (χ4v) is 1.41. The summed E-state index contributed by atoms with van der Waals surface area (Å²) >= 11 is 0. The van der Waals surface area contributed by atoms with Gasteiger partial charge < -0.3 is 5.73 Å². The summed E-state index contributed by atoms with van der Waals surface area (Å²) in [5.41, 5.74) is 6.28. The molecule has 1 amide bonds. The first kappa shape index (κ1) is 12.4. The molecule has 0 heterocycles. The van der Waals surface area contributed by atoms with Gasteiger partial charge in [0.1, 0.15) is 6.04 Å². The number of benzene rings is 1. The molecular formula is C13H18N2O. The lowest BCUT2D eigenvalue weighted by Gasteiger charge is -2.10. The predicted molar refractivity (Wildman–Crippen MR) is 66.5 cm³/mol. The molecule has 0 saturated heterocycles. The Hall–Kier alpha value is -1.64. The highest BCUT2D eigenvalue weighted by atomic mass is 16.1. The molecule has 1 atom stereocenters. The molecule has 1 aromatic carbocycles. The van der Waals surface area contributed by atoms with E-state index in [1.165, 1.54) is 0 Å². The van der Waals surface area contributed by atoms with Crippen LogP contribution in [-0.4, -0.2) is 18.2 Å². The van der Waals surface area contributed by atoms with E-state index in [-0.39, 0.29) is 5.91 Å². The third kappa shape index (κ3) is 4.26. The number of nitrogens with two attached hydrogens (primary N) is 1. The van der Waals surface area contributed by atoms with Crippen LogP contribution >= 0.6 is 0 Å². The van der Waals surface area contributed by atoms with Crippen LogP contribution in [0.5, 0.6) is 0 Å². The molecule has 0 spiro atoms. The molecule has 2 N–H and O–H groups in total. The first-order valence-electron chi connectivity index (χ1n) is 5.47. The molecule has 0 aromatic heterocycles. The number of amides is 1. The summed E-state index contributed by atoms with van der Waals surface area (Å²) in [6.45, 7) is 4.10. The van der Waals surface area contributed by atoms with E-state index in [2.05, 4.69) is 4.99 Å². The number of carbonyl (C=O) groups is 1. The molecule has 1 aromatic rings. The topological polar surface area (TPSA) is 55.4 Å². The molecule has 0 bridgehead atoms. The van der Waals surface area contributed by atoms with Gasteiger partial charge in [0.15, 0.2) is 0 Å². The first-order valence-corrected chi connectivity index (χ1v) is 5.47. The van der Waals surface area contributed by atoms with Crippen molar-refractivity contribution in [1.29, 1.82) is 0 Å². The maximum absolute atomic E-state index is 11.2. The minimum atomic E-state index is -0.416. The smallest absolute Gasteiger partial charge is 0.242 e. The van der Waals surface area contributed by atoms with Gasteiger partial charge in [0.2, 0.25) is 5.91 Å². The van der Waals surface area contributed by atoms with Crippen molar-refractivity contribution in [1.82, 2.24) is 0 Å². The number of hydrogen-bond acceptors (Lipinski definition) is 2. The van der Waals surface area contributed by atoms with Gasteiger partial charge in [-0.25, -0.2) is 0 Å². The van der Waals surface area contributed by atoms with Crippen LogP contribution in [0, 0.1) is 5.92 Å². The molecule has 3 heteroatoms. The van der Waals surface area contributed by atoms with Crippen LogP contribution in [-0.2, 0) is 4.79 Å². The largest absolute Gasteiger partial charge is 0.368 e. The summed E-state index contributed by atoms with van der Waals surface area (Å²) in [4.78, 5) is 15.4. The van der Waals surface area contributed by atoms with Crippen molar-refractivity contribution in [3.05, 3.63) is 35.9 Å². The highest BCUT2D eigenvalue weighted by Crippen LogP contribution is 2.08. The van der Waals surface area contributed by atoms with Crippen molar-refractivity contribution in [3.63, 3.8) is 0 Å². The average molecular weight is 218 g/mol. The van der Waals surface area contributed by atoms with Gasteiger partial charge in [-0.1, -0.05) is 44.2 Å². The van der Waals surface area contributed by atoms with E-state index in [9.17, 15) is 4.79 Å². The van der Waals surface area contributed by atoms with Gasteiger partial charge in [0, 0.05) is 6.21 Å². The Morgan fingerprint density at radius 2 is 2.00 bits per heavy atom. The SMILES string of the molecule is CC(C)C[C@@H](N=Cc1ccccc1)C(N)=O. The lowest BCUT2D eigenvalue weighted by Crippen LogP contribution is -2.28. The number of carbonyl (C=O) groups excluding carboxylic acids is 1. The minimum Gasteiger partial charge on any atom is -0.368 e. The van der Waals surface area contributed by atoms with E-state index in [4.69, 9.17) is 5.73 Å². The van der Waals surface area contributed by atoms with Crippen molar-refractivity contribution in [2.75, 3.05) is 0 Å². The van der Waals surface area contributed by atoms with Crippen molar-refractivity contribution < 1.29 is 4.79 Å². The summed E-state index contributed by atoms with van der Waals surface area (Å²) in [6, 6.07) is 9.28. The third-order valence-electron chi connectivity index (χ3n) is 2.23. The minimum absolute atomic E-state index is 0.360. The fraction of sp³-hybridized carbons (Fsp3) is 0.385. The van der Waals surface area contributed by atoms with Gasteiger partial charge in [0.25, 0.3) is 0 Å². The maximum atomic E-state index is 11.2. The van der Waals surface area contributed by atoms with Crippen molar-refractivity contribution in [3.8, 4) is 0 Å². The van der Waals surface area contributed by atoms with Crippen LogP contribution in [0.3, 0.4) is 0 Å². The fourth-order valence-electron chi connectivity index (χ4n) is 1.41. The van der Waals surface area contributed by atoms with Gasteiger partial charge >= 0.3 is 0 Å². The van der Waals surface area contributed by atoms with Gasteiger partial charge in [0.05, 0.1) is 0 Å². The molecule has 0 fully saturated rings. The van der Waals surface area contributed by atoms with Crippen LogP contribution < -0.4 is 5.73 Å². The number of nitrogens with zero attached hydrogens (tertiary/aromatic N) is 1. The second-order valence-electron chi connectivity index (χ2n) is 4.24. The summed E-state index contributed by atoms with van der Waals surface area (Å²) in [7, 11) is 0. The van der Waals surface area contributed by atoms with E-state index in [0.717, 1.165) is 5.56 Å². The van der Waals surface area contributed by atoms with Crippen LogP contribution in [0.2, 0.25) is 0 Å². The molecule has 16 heavy (non-hydrogen) atoms. The number of aliphatic imine (C=N–C) groups is 1. The van der Waals surface area contributed by atoms with Crippen molar-refractivity contribution >= 4 is 12.1 Å². The Morgan fingerprint density at radius 3 is 2.50 bits per heavy atom. The van der Waals surface area contributed by atoms with Gasteiger partial charge in [-0.15, -0.1) is 0 Å². The third-order valence-corrected chi connectivity index (χ3v) is 2.23. The van der Waals surface area contributed by atoms with Crippen LogP contribution in [0.4, 0.5) is 0 Å². The average Bonchev–Trinajstić information content (AvgIpc) is 2.25. The first-order chi connectivity index (χ1) is 7.59.